The number of rotatable bonds is 6. The van der Waals surface area contributed by atoms with Crippen LogP contribution in [0.3, 0.4) is 0 Å². The van der Waals surface area contributed by atoms with Gasteiger partial charge >= 0.3 is 0 Å². The quantitative estimate of drug-likeness (QED) is 0.481. The minimum Gasteiger partial charge on any atom is -0.377 e. The number of benzene rings is 1. The molecule has 1 unspecified atom stereocenters. The van der Waals surface area contributed by atoms with E-state index in [0.717, 1.165) is 45.1 Å². The smallest absolute Gasteiger partial charge is 0.191 e. The second-order valence-electron chi connectivity index (χ2n) is 5.92. The van der Waals surface area contributed by atoms with Crippen LogP contribution in [0, 0.1) is 6.92 Å². The Balaban J connectivity index is 1.93. The van der Waals surface area contributed by atoms with Crippen LogP contribution in [0.5, 0.6) is 0 Å². The largest absolute Gasteiger partial charge is 0.377 e. The first kappa shape index (κ1) is 17.5. The number of hydrogen-bond donors (Lipinski definition) is 2. The Morgan fingerprint density at radius 3 is 2.87 bits per heavy atom. The SMILES string of the molecule is CCNC(=NCCC1=CCOCC1)NC(C)c1ccccc1C. The third-order valence-corrected chi connectivity index (χ3v) is 4.11. The lowest BCUT2D eigenvalue weighted by molar-refractivity contribution is 0.153. The first-order valence-corrected chi connectivity index (χ1v) is 8.56. The Morgan fingerprint density at radius 2 is 2.17 bits per heavy atom. The Morgan fingerprint density at radius 1 is 1.35 bits per heavy atom. The molecule has 0 fully saturated rings. The maximum absolute atomic E-state index is 5.34. The van der Waals surface area contributed by atoms with Gasteiger partial charge in [0, 0.05) is 13.1 Å². The van der Waals surface area contributed by atoms with E-state index in [1.165, 1.54) is 16.7 Å². The summed E-state index contributed by atoms with van der Waals surface area (Å²) in [4.78, 5) is 4.72. The maximum atomic E-state index is 5.34. The van der Waals surface area contributed by atoms with E-state index in [-0.39, 0.29) is 6.04 Å². The van der Waals surface area contributed by atoms with Gasteiger partial charge in [-0.25, -0.2) is 0 Å². The summed E-state index contributed by atoms with van der Waals surface area (Å²) in [5, 5.41) is 6.84. The van der Waals surface area contributed by atoms with Crippen molar-refractivity contribution in [1.82, 2.24) is 10.6 Å². The number of nitrogens with zero attached hydrogens (tertiary/aromatic N) is 1. The fourth-order valence-corrected chi connectivity index (χ4v) is 2.78. The highest BCUT2D eigenvalue weighted by Gasteiger charge is 2.10. The van der Waals surface area contributed by atoms with Gasteiger partial charge in [0.2, 0.25) is 0 Å². The van der Waals surface area contributed by atoms with E-state index in [4.69, 9.17) is 9.73 Å². The number of ether oxygens (including phenoxy) is 1. The number of aliphatic imine (C=N–C) groups is 1. The molecule has 1 aromatic carbocycles. The summed E-state index contributed by atoms with van der Waals surface area (Å²) in [7, 11) is 0. The second-order valence-corrected chi connectivity index (χ2v) is 5.92. The van der Waals surface area contributed by atoms with Gasteiger partial charge in [0.25, 0.3) is 0 Å². The van der Waals surface area contributed by atoms with Gasteiger partial charge in [-0.2, -0.15) is 0 Å². The fraction of sp³-hybridized carbons (Fsp3) is 0.526. The Kier molecular flexibility index (Phi) is 7.14. The van der Waals surface area contributed by atoms with E-state index in [2.05, 4.69) is 61.7 Å². The molecule has 2 rings (SSSR count). The van der Waals surface area contributed by atoms with Crippen molar-refractivity contribution >= 4 is 5.96 Å². The molecule has 4 heteroatoms. The molecule has 0 aliphatic carbocycles. The summed E-state index contributed by atoms with van der Waals surface area (Å²) in [5.41, 5.74) is 4.07. The molecule has 1 aliphatic heterocycles. The molecule has 1 aromatic rings. The molecular weight excluding hydrogens is 286 g/mol. The normalized spacial score (nSPS) is 16.7. The molecule has 1 heterocycles. The molecule has 0 saturated carbocycles. The molecule has 4 nitrogen and oxygen atoms in total. The summed E-state index contributed by atoms with van der Waals surface area (Å²) in [6, 6.07) is 8.71. The molecule has 0 saturated heterocycles. The van der Waals surface area contributed by atoms with E-state index in [1.807, 2.05) is 0 Å². The van der Waals surface area contributed by atoms with E-state index in [0.29, 0.717) is 0 Å². The zero-order valence-corrected chi connectivity index (χ0v) is 14.6. The molecule has 1 aliphatic rings. The Labute approximate surface area is 140 Å². The van der Waals surface area contributed by atoms with Gasteiger partial charge < -0.3 is 15.4 Å². The zero-order valence-electron chi connectivity index (χ0n) is 14.6. The van der Waals surface area contributed by atoms with Crippen molar-refractivity contribution in [1.29, 1.82) is 0 Å². The van der Waals surface area contributed by atoms with Crippen LogP contribution in [-0.4, -0.2) is 32.3 Å². The fourth-order valence-electron chi connectivity index (χ4n) is 2.78. The van der Waals surface area contributed by atoms with Crippen LogP contribution in [-0.2, 0) is 4.74 Å². The molecule has 0 aromatic heterocycles. The van der Waals surface area contributed by atoms with E-state index < -0.39 is 0 Å². The highest BCUT2D eigenvalue weighted by molar-refractivity contribution is 5.80. The average molecular weight is 315 g/mol. The summed E-state index contributed by atoms with van der Waals surface area (Å²) in [6.07, 6.45) is 4.24. The van der Waals surface area contributed by atoms with Gasteiger partial charge in [0.05, 0.1) is 19.3 Å². The van der Waals surface area contributed by atoms with Gasteiger partial charge in [-0.3, -0.25) is 4.99 Å². The van der Waals surface area contributed by atoms with Crippen molar-refractivity contribution in [3.63, 3.8) is 0 Å². The van der Waals surface area contributed by atoms with E-state index in [1.54, 1.807) is 0 Å². The van der Waals surface area contributed by atoms with Crippen LogP contribution in [0.25, 0.3) is 0 Å². The van der Waals surface area contributed by atoms with Gasteiger partial charge in [0.1, 0.15) is 0 Å². The van der Waals surface area contributed by atoms with Crippen molar-refractivity contribution in [2.75, 3.05) is 26.3 Å². The molecular formula is C19H29N3O. The highest BCUT2D eigenvalue weighted by Crippen LogP contribution is 2.16. The average Bonchev–Trinajstić information content (AvgIpc) is 2.56. The lowest BCUT2D eigenvalue weighted by Gasteiger charge is -2.20. The van der Waals surface area contributed by atoms with Gasteiger partial charge in [-0.05, 0) is 44.7 Å². The third kappa shape index (κ3) is 5.71. The van der Waals surface area contributed by atoms with Gasteiger partial charge in [-0.15, -0.1) is 0 Å². The number of aryl methyl sites for hydroxylation is 1. The summed E-state index contributed by atoms with van der Waals surface area (Å²) in [5.74, 6) is 0.885. The predicted molar refractivity (Wildman–Crippen MR) is 96.8 cm³/mol. The van der Waals surface area contributed by atoms with Crippen molar-refractivity contribution in [3.05, 3.63) is 47.0 Å². The van der Waals surface area contributed by atoms with Crippen molar-refractivity contribution in [2.24, 2.45) is 4.99 Å². The van der Waals surface area contributed by atoms with Crippen molar-refractivity contribution in [3.8, 4) is 0 Å². The lowest BCUT2D eigenvalue weighted by atomic mass is 10.0. The number of guanidine groups is 1. The van der Waals surface area contributed by atoms with Crippen LogP contribution < -0.4 is 10.6 Å². The van der Waals surface area contributed by atoms with E-state index in [9.17, 15) is 0 Å². The van der Waals surface area contributed by atoms with Crippen LogP contribution in [0.15, 0.2) is 40.9 Å². The van der Waals surface area contributed by atoms with Crippen molar-refractivity contribution < 1.29 is 4.74 Å². The molecule has 0 radical (unpaired) electrons. The highest BCUT2D eigenvalue weighted by atomic mass is 16.5. The summed E-state index contributed by atoms with van der Waals surface area (Å²) < 4.78 is 5.34. The first-order valence-electron chi connectivity index (χ1n) is 8.56. The zero-order chi connectivity index (χ0) is 16.5. The molecule has 0 amide bonds. The lowest BCUT2D eigenvalue weighted by Crippen LogP contribution is -2.39. The van der Waals surface area contributed by atoms with Crippen LogP contribution in [0.1, 0.15) is 43.9 Å². The third-order valence-electron chi connectivity index (χ3n) is 4.11. The van der Waals surface area contributed by atoms with Gasteiger partial charge in [0.15, 0.2) is 5.96 Å². The molecule has 23 heavy (non-hydrogen) atoms. The standard InChI is InChI=1S/C19H29N3O/c1-4-20-19(21-12-9-17-10-13-23-14-11-17)22-16(3)18-8-6-5-7-15(18)2/h5-8,10,16H,4,9,11-14H2,1-3H3,(H2,20,21,22). The second kappa shape index (κ2) is 9.36. The van der Waals surface area contributed by atoms with E-state index >= 15 is 0 Å². The first-order chi connectivity index (χ1) is 11.2. The maximum Gasteiger partial charge on any atom is 0.191 e. The summed E-state index contributed by atoms with van der Waals surface area (Å²) >= 11 is 0. The number of hydrogen-bond acceptors (Lipinski definition) is 2. The van der Waals surface area contributed by atoms with Crippen LogP contribution >= 0.6 is 0 Å². The van der Waals surface area contributed by atoms with Crippen molar-refractivity contribution in [2.45, 2.75) is 39.7 Å². The van der Waals surface area contributed by atoms with Crippen LogP contribution in [0.2, 0.25) is 0 Å². The Hall–Kier alpha value is -1.81. The predicted octanol–water partition coefficient (Wildman–Crippen LogP) is 3.35. The van der Waals surface area contributed by atoms with Gasteiger partial charge in [-0.1, -0.05) is 35.9 Å². The minimum atomic E-state index is 0.233. The molecule has 0 bridgehead atoms. The monoisotopic (exact) mass is 315 g/mol. The summed E-state index contributed by atoms with van der Waals surface area (Å²) in [6.45, 7) is 9.69. The molecule has 126 valence electrons. The molecule has 2 N–H and O–H groups in total. The molecule has 0 spiro atoms. The number of nitrogens with one attached hydrogen (secondary N) is 2. The van der Waals surface area contributed by atoms with Crippen LogP contribution in [0.4, 0.5) is 0 Å². The molecule has 1 atom stereocenters. The Bertz CT molecular complexity index is 551. The minimum absolute atomic E-state index is 0.233. The topological polar surface area (TPSA) is 45.7 Å².